The maximum absolute atomic E-state index is 7.59. The standard InChI is InChI=1S/C49H52O5SSi/c1-49(2,3)56(42-30-18-8-19-31-42,43-32-20-9-21-33-43)53-37-44-45(50-34-38-22-10-4-11-23-38)46(51-35-39-24-12-5-13-25-39)47(52-36-40-26-14-6-15-27-40)48(54-44)55-41-28-16-7-17-29-41/h4-33,44-48H,34-37H2,1-3H3/t44-,45+,46+,47-,48+/m1/s1. The van der Waals surface area contributed by atoms with Gasteiger partial charge in [-0.2, -0.15) is 0 Å². The van der Waals surface area contributed by atoms with Gasteiger partial charge in [-0.3, -0.25) is 0 Å². The van der Waals surface area contributed by atoms with Crippen molar-refractivity contribution in [3.05, 3.63) is 199 Å². The second-order valence-corrected chi connectivity index (χ2v) is 20.7. The van der Waals surface area contributed by atoms with Crippen LogP contribution in [0.4, 0.5) is 0 Å². The molecule has 0 amide bonds. The lowest BCUT2D eigenvalue weighted by molar-refractivity contribution is -0.251. The molecule has 0 radical (unpaired) electrons. The third-order valence-electron chi connectivity index (χ3n) is 10.3. The minimum atomic E-state index is -2.93. The van der Waals surface area contributed by atoms with Gasteiger partial charge in [0, 0.05) is 4.90 Å². The number of ether oxygens (including phenoxy) is 4. The van der Waals surface area contributed by atoms with Gasteiger partial charge < -0.3 is 23.4 Å². The first-order chi connectivity index (χ1) is 27.4. The molecule has 56 heavy (non-hydrogen) atoms. The van der Waals surface area contributed by atoms with Crippen LogP contribution in [0.5, 0.6) is 0 Å². The zero-order valence-electron chi connectivity index (χ0n) is 32.5. The second-order valence-electron chi connectivity index (χ2n) is 15.2. The van der Waals surface area contributed by atoms with Gasteiger partial charge in [-0.25, -0.2) is 0 Å². The van der Waals surface area contributed by atoms with E-state index < -0.39 is 38.2 Å². The molecule has 0 aliphatic carbocycles. The Labute approximate surface area is 338 Å². The van der Waals surface area contributed by atoms with Crippen LogP contribution in [0.25, 0.3) is 0 Å². The van der Waals surface area contributed by atoms with E-state index in [-0.39, 0.29) is 5.04 Å². The molecule has 0 bridgehead atoms. The highest BCUT2D eigenvalue weighted by atomic mass is 32.2. The van der Waals surface area contributed by atoms with Crippen LogP contribution in [-0.2, 0) is 43.2 Å². The number of hydrogen-bond acceptors (Lipinski definition) is 6. The van der Waals surface area contributed by atoms with Crippen molar-refractivity contribution in [3.8, 4) is 0 Å². The fourth-order valence-corrected chi connectivity index (χ4v) is 13.3. The van der Waals surface area contributed by atoms with Crippen molar-refractivity contribution >= 4 is 30.5 Å². The lowest BCUT2D eigenvalue weighted by Crippen LogP contribution is -2.68. The molecule has 5 atom stereocenters. The molecule has 7 rings (SSSR count). The maximum atomic E-state index is 7.59. The molecule has 1 aliphatic heterocycles. The van der Waals surface area contributed by atoms with Crippen molar-refractivity contribution in [3.63, 3.8) is 0 Å². The van der Waals surface area contributed by atoms with Gasteiger partial charge in [0.1, 0.15) is 29.9 Å². The third kappa shape index (κ3) is 9.79. The van der Waals surface area contributed by atoms with Crippen LogP contribution in [0.15, 0.2) is 187 Å². The van der Waals surface area contributed by atoms with Gasteiger partial charge in [-0.1, -0.05) is 202 Å². The van der Waals surface area contributed by atoms with E-state index in [2.05, 4.69) is 142 Å². The summed E-state index contributed by atoms with van der Waals surface area (Å²) in [5, 5.41) is 2.22. The summed E-state index contributed by atoms with van der Waals surface area (Å²) in [6.45, 7) is 8.40. The molecule has 0 aromatic heterocycles. The Morgan fingerprint density at radius 3 is 1.29 bits per heavy atom. The summed E-state index contributed by atoms with van der Waals surface area (Å²) in [6, 6.07) is 62.8. The van der Waals surface area contributed by atoms with Gasteiger partial charge in [0.15, 0.2) is 0 Å². The van der Waals surface area contributed by atoms with E-state index in [0.717, 1.165) is 21.6 Å². The van der Waals surface area contributed by atoms with Crippen LogP contribution in [0.2, 0.25) is 5.04 Å². The molecular weight excluding hydrogens is 729 g/mol. The summed E-state index contributed by atoms with van der Waals surface area (Å²) >= 11 is 1.66. The fourth-order valence-electron chi connectivity index (χ4n) is 7.58. The first-order valence-corrected chi connectivity index (χ1v) is 22.3. The van der Waals surface area contributed by atoms with Crippen LogP contribution < -0.4 is 10.4 Å². The van der Waals surface area contributed by atoms with Gasteiger partial charge in [0.05, 0.1) is 26.4 Å². The minimum absolute atomic E-state index is 0.215. The summed E-state index contributed by atoms with van der Waals surface area (Å²) in [4.78, 5) is 1.09. The predicted octanol–water partition coefficient (Wildman–Crippen LogP) is 9.84. The van der Waals surface area contributed by atoms with Crippen LogP contribution >= 0.6 is 11.8 Å². The lowest BCUT2D eigenvalue weighted by Gasteiger charge is -2.48. The van der Waals surface area contributed by atoms with Crippen molar-refractivity contribution < 1.29 is 23.4 Å². The number of benzene rings is 6. The molecule has 7 heteroatoms. The lowest BCUT2D eigenvalue weighted by atomic mass is 9.99. The van der Waals surface area contributed by atoms with Crippen LogP contribution in [-0.4, -0.2) is 44.8 Å². The average Bonchev–Trinajstić information content (AvgIpc) is 3.24. The Hall–Kier alpha value is -4.31. The monoisotopic (exact) mass is 780 g/mol. The average molecular weight is 781 g/mol. The van der Waals surface area contributed by atoms with Crippen molar-refractivity contribution in [2.24, 2.45) is 0 Å². The Kier molecular flexibility index (Phi) is 13.7. The minimum Gasteiger partial charge on any atom is -0.405 e. The van der Waals surface area contributed by atoms with Crippen molar-refractivity contribution in [2.75, 3.05) is 6.61 Å². The highest BCUT2D eigenvalue weighted by Crippen LogP contribution is 2.41. The van der Waals surface area contributed by atoms with Crippen molar-refractivity contribution in [1.29, 1.82) is 0 Å². The van der Waals surface area contributed by atoms with Crippen LogP contribution in [0.3, 0.4) is 0 Å². The van der Waals surface area contributed by atoms with E-state index in [0.29, 0.717) is 26.4 Å². The van der Waals surface area contributed by atoms with E-state index in [1.165, 1.54) is 10.4 Å². The quantitative estimate of drug-likeness (QED) is 0.0913. The predicted molar refractivity (Wildman–Crippen MR) is 230 cm³/mol. The molecule has 6 aromatic rings. The number of hydrogen-bond donors (Lipinski definition) is 0. The molecule has 0 saturated carbocycles. The van der Waals surface area contributed by atoms with E-state index in [4.69, 9.17) is 23.4 Å². The summed E-state index contributed by atoms with van der Waals surface area (Å²) in [7, 11) is -2.93. The molecule has 6 aromatic carbocycles. The van der Waals surface area contributed by atoms with Crippen LogP contribution in [0, 0.1) is 0 Å². The zero-order valence-corrected chi connectivity index (χ0v) is 34.3. The smallest absolute Gasteiger partial charge is 0.261 e. The normalized spacial score (nSPS) is 20.1. The SMILES string of the molecule is CC(C)(C)[Si](OC[C@H]1O[C@@H](Sc2ccccc2)[C@H](OCc2ccccc2)[C@@H](OCc2ccccc2)[C@H]1OCc1ccccc1)(c1ccccc1)c1ccccc1. The Morgan fingerprint density at radius 2 is 0.857 bits per heavy atom. The Balaban J connectivity index is 1.30. The van der Waals surface area contributed by atoms with E-state index in [9.17, 15) is 0 Å². The fraction of sp³-hybridized carbons (Fsp3) is 0.265. The summed E-state index contributed by atoms with van der Waals surface area (Å²) < 4.78 is 35.9. The van der Waals surface area contributed by atoms with Crippen molar-refractivity contribution in [1.82, 2.24) is 0 Å². The Morgan fingerprint density at radius 1 is 0.482 bits per heavy atom. The first-order valence-electron chi connectivity index (χ1n) is 19.5. The maximum Gasteiger partial charge on any atom is 0.261 e. The van der Waals surface area contributed by atoms with Gasteiger partial charge in [-0.15, -0.1) is 0 Å². The van der Waals surface area contributed by atoms with Crippen LogP contribution in [0.1, 0.15) is 37.5 Å². The topological polar surface area (TPSA) is 46.2 Å². The molecule has 0 unspecified atom stereocenters. The van der Waals surface area contributed by atoms with Gasteiger partial charge in [0.2, 0.25) is 0 Å². The highest BCUT2D eigenvalue weighted by Gasteiger charge is 2.53. The van der Waals surface area contributed by atoms with Gasteiger partial charge in [0.25, 0.3) is 8.32 Å². The molecule has 0 spiro atoms. The molecule has 1 saturated heterocycles. The molecule has 1 fully saturated rings. The summed E-state index contributed by atoms with van der Waals surface area (Å²) in [5.74, 6) is 0. The zero-order chi connectivity index (χ0) is 38.6. The van der Waals surface area contributed by atoms with Gasteiger partial charge >= 0.3 is 0 Å². The van der Waals surface area contributed by atoms with Gasteiger partial charge in [-0.05, 0) is 44.2 Å². The van der Waals surface area contributed by atoms with E-state index in [1.54, 1.807) is 11.8 Å². The highest BCUT2D eigenvalue weighted by molar-refractivity contribution is 7.99. The summed E-state index contributed by atoms with van der Waals surface area (Å²) in [5.41, 5.74) is 2.81. The summed E-state index contributed by atoms with van der Waals surface area (Å²) in [6.07, 6.45) is -1.98. The third-order valence-corrected chi connectivity index (χ3v) is 16.5. The Bertz CT molecular complexity index is 1980. The van der Waals surface area contributed by atoms with Crippen molar-refractivity contribution in [2.45, 2.75) is 80.4 Å². The van der Waals surface area contributed by atoms with E-state index >= 15 is 0 Å². The second kappa shape index (κ2) is 19.2. The molecule has 0 N–H and O–H groups in total. The largest absolute Gasteiger partial charge is 0.405 e. The first kappa shape index (κ1) is 39.9. The number of thioether (sulfide) groups is 1. The molecule has 5 nitrogen and oxygen atoms in total. The van der Waals surface area contributed by atoms with E-state index in [1.807, 2.05) is 60.7 Å². The molecule has 288 valence electrons. The molecular formula is C49H52O5SSi. The number of rotatable bonds is 16. The molecule has 1 heterocycles. The molecule has 1 aliphatic rings.